The van der Waals surface area contributed by atoms with E-state index in [1.807, 2.05) is 18.7 Å². The van der Waals surface area contributed by atoms with Crippen LogP contribution in [0.2, 0.25) is 0 Å². The maximum atomic E-state index is 12.1. The van der Waals surface area contributed by atoms with E-state index < -0.39 is 0 Å². The largest absolute Gasteiger partial charge is 0.342 e. The zero-order chi connectivity index (χ0) is 12.3. The van der Waals surface area contributed by atoms with Gasteiger partial charge in [0.05, 0.1) is 5.92 Å². The molecule has 2 unspecified atom stereocenters. The van der Waals surface area contributed by atoms with Gasteiger partial charge in [-0.25, -0.2) is 0 Å². The summed E-state index contributed by atoms with van der Waals surface area (Å²) in [6.45, 7) is 10.2. The first-order valence-corrected chi connectivity index (χ1v) is 6.44. The molecule has 0 radical (unpaired) electrons. The van der Waals surface area contributed by atoms with Crippen LogP contribution in [0.25, 0.3) is 0 Å². The van der Waals surface area contributed by atoms with Crippen LogP contribution in [-0.4, -0.2) is 29.9 Å². The van der Waals surface area contributed by atoms with Gasteiger partial charge in [0.1, 0.15) is 0 Å². The lowest BCUT2D eigenvalue weighted by molar-refractivity contribution is -0.137. The van der Waals surface area contributed by atoms with Gasteiger partial charge < -0.3 is 10.6 Å². The molecule has 0 aromatic rings. The molecule has 0 aliphatic carbocycles. The molecule has 4 heteroatoms. The van der Waals surface area contributed by atoms with Gasteiger partial charge in [0.2, 0.25) is 5.91 Å². The van der Waals surface area contributed by atoms with Crippen LogP contribution in [0.4, 0.5) is 0 Å². The molecule has 2 N–H and O–H groups in total. The minimum absolute atomic E-state index is 0. The average Bonchev–Trinajstić information content (AvgIpc) is 2.28. The zero-order valence-corrected chi connectivity index (χ0v) is 12.3. The second-order valence-corrected chi connectivity index (χ2v) is 5.64. The maximum Gasteiger partial charge on any atom is 0.226 e. The van der Waals surface area contributed by atoms with Crippen molar-refractivity contribution in [3.05, 3.63) is 0 Å². The van der Waals surface area contributed by atoms with E-state index in [9.17, 15) is 4.79 Å². The number of nitrogens with two attached hydrogens (primary N) is 1. The van der Waals surface area contributed by atoms with Crippen molar-refractivity contribution in [2.45, 2.75) is 53.0 Å². The number of rotatable bonds is 3. The minimum Gasteiger partial charge on any atom is -0.342 e. The van der Waals surface area contributed by atoms with E-state index in [4.69, 9.17) is 5.73 Å². The summed E-state index contributed by atoms with van der Waals surface area (Å²) in [6.07, 6.45) is 3.46. The smallest absolute Gasteiger partial charge is 0.226 e. The molecule has 102 valence electrons. The van der Waals surface area contributed by atoms with Gasteiger partial charge in [0.25, 0.3) is 0 Å². The quantitative estimate of drug-likeness (QED) is 0.849. The van der Waals surface area contributed by atoms with Gasteiger partial charge in [-0.1, -0.05) is 27.2 Å². The topological polar surface area (TPSA) is 46.3 Å². The van der Waals surface area contributed by atoms with Crippen LogP contribution in [0.5, 0.6) is 0 Å². The Morgan fingerprint density at radius 3 is 2.18 bits per heavy atom. The molecule has 0 saturated carbocycles. The summed E-state index contributed by atoms with van der Waals surface area (Å²) in [5.74, 6) is 0.180. The highest BCUT2D eigenvalue weighted by Crippen LogP contribution is 2.34. The molecule has 3 nitrogen and oxygen atoms in total. The molecule has 1 saturated heterocycles. The third-order valence-corrected chi connectivity index (χ3v) is 4.31. The number of likely N-dealkylation sites (tertiary alicyclic amines) is 1. The number of hydrogen-bond acceptors (Lipinski definition) is 2. The van der Waals surface area contributed by atoms with E-state index in [0.717, 1.165) is 25.9 Å². The molecule has 17 heavy (non-hydrogen) atoms. The molecule has 0 aromatic heterocycles. The standard InChI is InChI=1S/C13H26N2O.ClH/c1-5-13(4)6-8-15(9-7-13)12(16)10(2)11(3)14;/h10-11H,5-9,14H2,1-4H3;1H. The lowest BCUT2D eigenvalue weighted by Gasteiger charge is -2.40. The van der Waals surface area contributed by atoms with Crippen molar-refractivity contribution in [3.8, 4) is 0 Å². The van der Waals surface area contributed by atoms with E-state index >= 15 is 0 Å². The summed E-state index contributed by atoms with van der Waals surface area (Å²) in [5, 5.41) is 0. The monoisotopic (exact) mass is 262 g/mol. The van der Waals surface area contributed by atoms with Crippen LogP contribution in [0.1, 0.15) is 47.0 Å². The van der Waals surface area contributed by atoms with Gasteiger partial charge in [0, 0.05) is 19.1 Å². The second-order valence-electron chi connectivity index (χ2n) is 5.64. The van der Waals surface area contributed by atoms with Crippen molar-refractivity contribution in [3.63, 3.8) is 0 Å². The summed E-state index contributed by atoms with van der Waals surface area (Å²) in [7, 11) is 0. The van der Waals surface area contributed by atoms with Crippen molar-refractivity contribution in [2.24, 2.45) is 17.1 Å². The molecule has 2 atom stereocenters. The van der Waals surface area contributed by atoms with Crippen LogP contribution in [0.3, 0.4) is 0 Å². The molecule has 0 spiro atoms. The van der Waals surface area contributed by atoms with Crippen molar-refractivity contribution in [1.82, 2.24) is 4.90 Å². The first kappa shape index (κ1) is 16.7. The van der Waals surface area contributed by atoms with Crippen LogP contribution >= 0.6 is 12.4 Å². The van der Waals surface area contributed by atoms with Crippen molar-refractivity contribution in [2.75, 3.05) is 13.1 Å². The molecule has 1 fully saturated rings. The van der Waals surface area contributed by atoms with Crippen LogP contribution in [0, 0.1) is 11.3 Å². The predicted molar refractivity (Wildman–Crippen MR) is 74.3 cm³/mol. The van der Waals surface area contributed by atoms with Gasteiger partial charge in [-0.2, -0.15) is 0 Å². The molecule has 1 heterocycles. The second kappa shape index (κ2) is 6.60. The Balaban J connectivity index is 0.00000256. The van der Waals surface area contributed by atoms with Crippen molar-refractivity contribution in [1.29, 1.82) is 0 Å². The Morgan fingerprint density at radius 2 is 1.82 bits per heavy atom. The fourth-order valence-corrected chi connectivity index (χ4v) is 2.13. The minimum atomic E-state index is -0.0500. The number of nitrogens with zero attached hydrogens (tertiary/aromatic N) is 1. The summed E-state index contributed by atoms with van der Waals surface area (Å²) in [6, 6.07) is -0.0491. The van der Waals surface area contributed by atoms with E-state index in [1.54, 1.807) is 0 Å². The Kier molecular flexibility index (Phi) is 6.49. The van der Waals surface area contributed by atoms with E-state index in [0.29, 0.717) is 5.41 Å². The third kappa shape index (κ3) is 4.14. The van der Waals surface area contributed by atoms with Gasteiger partial charge in [-0.05, 0) is 25.2 Å². The number of hydrogen-bond donors (Lipinski definition) is 1. The summed E-state index contributed by atoms with van der Waals surface area (Å²) >= 11 is 0. The van der Waals surface area contributed by atoms with E-state index in [-0.39, 0.29) is 30.3 Å². The zero-order valence-electron chi connectivity index (χ0n) is 11.5. The highest BCUT2D eigenvalue weighted by molar-refractivity contribution is 5.85. The van der Waals surface area contributed by atoms with E-state index in [2.05, 4.69) is 13.8 Å². The lowest BCUT2D eigenvalue weighted by Crippen LogP contribution is -2.47. The van der Waals surface area contributed by atoms with Gasteiger partial charge in [0.15, 0.2) is 0 Å². The number of piperidine rings is 1. The Labute approximate surface area is 112 Å². The van der Waals surface area contributed by atoms with Crippen LogP contribution in [0.15, 0.2) is 0 Å². The Morgan fingerprint density at radius 1 is 1.35 bits per heavy atom. The lowest BCUT2D eigenvalue weighted by atomic mass is 9.78. The Hall–Kier alpha value is -0.280. The fourth-order valence-electron chi connectivity index (χ4n) is 2.13. The maximum absolute atomic E-state index is 12.1. The molecular weight excluding hydrogens is 236 g/mol. The molecular formula is C13H27ClN2O. The van der Waals surface area contributed by atoms with Crippen molar-refractivity contribution >= 4 is 18.3 Å². The molecule has 1 rings (SSSR count). The molecule has 1 aliphatic heterocycles. The molecule has 0 aromatic carbocycles. The number of halogens is 1. The molecule has 1 amide bonds. The summed E-state index contributed by atoms with van der Waals surface area (Å²) in [5.41, 5.74) is 6.21. The van der Waals surface area contributed by atoms with Crippen LogP contribution in [-0.2, 0) is 4.79 Å². The van der Waals surface area contributed by atoms with E-state index in [1.165, 1.54) is 6.42 Å². The Bertz CT molecular complexity index is 248. The molecule has 1 aliphatic rings. The van der Waals surface area contributed by atoms with Crippen molar-refractivity contribution < 1.29 is 4.79 Å². The first-order valence-electron chi connectivity index (χ1n) is 6.44. The van der Waals surface area contributed by atoms with Gasteiger partial charge >= 0.3 is 0 Å². The predicted octanol–water partition coefficient (Wildman–Crippen LogP) is 2.43. The normalized spacial score (nSPS) is 22.5. The number of carbonyl (C=O) groups excluding carboxylic acids is 1. The van der Waals surface area contributed by atoms with Crippen LogP contribution < -0.4 is 5.73 Å². The highest BCUT2D eigenvalue weighted by atomic mass is 35.5. The number of amides is 1. The fraction of sp³-hybridized carbons (Fsp3) is 0.923. The summed E-state index contributed by atoms with van der Waals surface area (Å²) < 4.78 is 0. The highest BCUT2D eigenvalue weighted by Gasteiger charge is 2.32. The SMILES string of the molecule is CCC1(C)CCN(C(=O)C(C)C(C)N)CC1.Cl. The van der Waals surface area contributed by atoms with Gasteiger partial charge in [-0.15, -0.1) is 12.4 Å². The first-order chi connectivity index (χ1) is 7.39. The number of carbonyl (C=O) groups is 1. The molecule has 0 bridgehead atoms. The third-order valence-electron chi connectivity index (χ3n) is 4.31. The van der Waals surface area contributed by atoms with Gasteiger partial charge in [-0.3, -0.25) is 4.79 Å². The summed E-state index contributed by atoms with van der Waals surface area (Å²) in [4.78, 5) is 14.1. The average molecular weight is 263 g/mol.